The molecular formula is C12H14N2O. The fraction of sp³-hybridized carbons (Fsp3) is 0.167. The van der Waals surface area contributed by atoms with Gasteiger partial charge in [-0.15, -0.1) is 0 Å². The standard InChI is InChI=1S/C12H14N2O/c1-4-10-6-11(8-14-7-10)9-15-12(5-2)13-3/h4-8H,1,3,9H2,2H3/b12-5+. The summed E-state index contributed by atoms with van der Waals surface area (Å²) in [6.45, 7) is 9.37. The van der Waals surface area contributed by atoms with Crippen LogP contribution in [0.4, 0.5) is 0 Å². The Balaban J connectivity index is 2.64. The number of aromatic nitrogens is 1. The van der Waals surface area contributed by atoms with E-state index in [1.807, 2.05) is 13.0 Å². The molecule has 3 nitrogen and oxygen atoms in total. The lowest BCUT2D eigenvalue weighted by atomic mass is 10.2. The monoisotopic (exact) mass is 202 g/mol. The van der Waals surface area contributed by atoms with Gasteiger partial charge in [0.25, 0.3) is 0 Å². The van der Waals surface area contributed by atoms with Gasteiger partial charge >= 0.3 is 0 Å². The van der Waals surface area contributed by atoms with Crippen molar-refractivity contribution in [1.82, 2.24) is 4.98 Å². The number of hydrogen-bond donors (Lipinski definition) is 0. The lowest BCUT2D eigenvalue weighted by molar-refractivity contribution is 0.196. The second-order valence-corrected chi connectivity index (χ2v) is 2.90. The number of pyridine rings is 1. The molecule has 0 unspecified atom stereocenters. The average Bonchev–Trinajstić information content (AvgIpc) is 2.31. The van der Waals surface area contributed by atoms with E-state index >= 15 is 0 Å². The Bertz CT molecular complexity index is 383. The van der Waals surface area contributed by atoms with E-state index in [1.165, 1.54) is 0 Å². The Kier molecular flexibility index (Phi) is 4.29. The van der Waals surface area contributed by atoms with Crippen LogP contribution < -0.4 is 0 Å². The highest BCUT2D eigenvalue weighted by atomic mass is 16.5. The van der Waals surface area contributed by atoms with Gasteiger partial charge in [-0.2, -0.15) is 0 Å². The van der Waals surface area contributed by atoms with Crippen LogP contribution in [0.2, 0.25) is 0 Å². The minimum Gasteiger partial charge on any atom is -0.473 e. The van der Waals surface area contributed by atoms with E-state index in [4.69, 9.17) is 4.74 Å². The maximum atomic E-state index is 5.38. The van der Waals surface area contributed by atoms with Gasteiger partial charge in [0.15, 0.2) is 0 Å². The van der Waals surface area contributed by atoms with Crippen LogP contribution >= 0.6 is 0 Å². The summed E-state index contributed by atoms with van der Waals surface area (Å²) in [5.41, 5.74) is 1.96. The lowest BCUT2D eigenvalue weighted by Crippen LogP contribution is -1.93. The van der Waals surface area contributed by atoms with Crippen LogP contribution in [0.25, 0.3) is 6.08 Å². The highest BCUT2D eigenvalue weighted by molar-refractivity contribution is 5.45. The maximum Gasteiger partial charge on any atom is 0.208 e. The Morgan fingerprint density at radius 3 is 3.00 bits per heavy atom. The second kappa shape index (κ2) is 5.75. The molecule has 0 fully saturated rings. The Morgan fingerprint density at radius 2 is 2.40 bits per heavy atom. The molecular weight excluding hydrogens is 188 g/mol. The molecule has 0 N–H and O–H groups in total. The maximum absolute atomic E-state index is 5.38. The molecule has 0 amide bonds. The van der Waals surface area contributed by atoms with Crippen molar-refractivity contribution in [2.24, 2.45) is 4.99 Å². The van der Waals surface area contributed by atoms with Crippen LogP contribution in [-0.4, -0.2) is 11.7 Å². The van der Waals surface area contributed by atoms with Gasteiger partial charge in [-0.3, -0.25) is 4.98 Å². The summed E-state index contributed by atoms with van der Waals surface area (Å²) >= 11 is 0. The number of aliphatic imine (C=N–C) groups is 1. The molecule has 1 heterocycles. The molecule has 0 saturated heterocycles. The summed E-state index contributed by atoms with van der Waals surface area (Å²) in [5, 5.41) is 0. The fourth-order valence-corrected chi connectivity index (χ4v) is 1.08. The van der Waals surface area contributed by atoms with Crippen molar-refractivity contribution >= 4 is 12.8 Å². The molecule has 78 valence electrons. The van der Waals surface area contributed by atoms with Crippen molar-refractivity contribution in [3.05, 3.63) is 48.1 Å². The topological polar surface area (TPSA) is 34.5 Å². The molecule has 0 aliphatic rings. The number of nitrogens with zero attached hydrogens (tertiary/aromatic N) is 2. The molecule has 0 atom stereocenters. The van der Waals surface area contributed by atoms with E-state index in [1.54, 1.807) is 24.5 Å². The van der Waals surface area contributed by atoms with Crippen molar-refractivity contribution in [3.8, 4) is 0 Å². The van der Waals surface area contributed by atoms with E-state index in [2.05, 4.69) is 23.3 Å². The number of hydrogen-bond acceptors (Lipinski definition) is 3. The molecule has 0 spiro atoms. The highest BCUT2D eigenvalue weighted by Gasteiger charge is 1.97. The smallest absolute Gasteiger partial charge is 0.208 e. The molecule has 0 bridgehead atoms. The minimum atomic E-state index is 0.438. The summed E-state index contributed by atoms with van der Waals surface area (Å²) in [4.78, 5) is 7.78. The molecule has 1 rings (SSSR count). The van der Waals surface area contributed by atoms with Crippen LogP contribution in [0.5, 0.6) is 0 Å². The van der Waals surface area contributed by atoms with Crippen molar-refractivity contribution in [2.45, 2.75) is 13.5 Å². The zero-order chi connectivity index (χ0) is 11.1. The zero-order valence-electron chi connectivity index (χ0n) is 8.81. The average molecular weight is 202 g/mol. The van der Waals surface area contributed by atoms with E-state index in [-0.39, 0.29) is 0 Å². The molecule has 1 aromatic heterocycles. The first-order chi connectivity index (χ1) is 7.30. The quantitative estimate of drug-likeness (QED) is 0.543. The van der Waals surface area contributed by atoms with Crippen LogP contribution in [-0.2, 0) is 11.3 Å². The van der Waals surface area contributed by atoms with Gasteiger partial charge in [0.2, 0.25) is 5.88 Å². The lowest BCUT2D eigenvalue weighted by Gasteiger charge is -2.05. The summed E-state index contributed by atoms with van der Waals surface area (Å²) < 4.78 is 5.38. The summed E-state index contributed by atoms with van der Waals surface area (Å²) in [6.07, 6.45) is 7.01. The van der Waals surface area contributed by atoms with E-state index in [9.17, 15) is 0 Å². The normalized spacial score (nSPS) is 10.9. The molecule has 1 aromatic rings. The molecule has 0 saturated carbocycles. The minimum absolute atomic E-state index is 0.438. The third kappa shape index (κ3) is 3.38. The first kappa shape index (κ1) is 11.2. The van der Waals surface area contributed by atoms with Gasteiger partial charge < -0.3 is 4.74 Å². The number of ether oxygens (including phenoxy) is 1. The third-order valence-electron chi connectivity index (χ3n) is 1.84. The first-order valence-corrected chi connectivity index (χ1v) is 4.62. The highest BCUT2D eigenvalue weighted by Crippen LogP contribution is 2.08. The Morgan fingerprint density at radius 1 is 1.60 bits per heavy atom. The Labute approximate surface area is 89.8 Å². The predicted octanol–water partition coefficient (Wildman–Crippen LogP) is 2.80. The molecule has 0 aliphatic carbocycles. The van der Waals surface area contributed by atoms with E-state index in [0.29, 0.717) is 12.5 Å². The molecule has 0 aromatic carbocycles. The SMILES string of the molecule is C=Cc1cncc(CO/C(=C/C)N=C)c1. The van der Waals surface area contributed by atoms with Gasteiger partial charge in [-0.05, 0) is 31.3 Å². The second-order valence-electron chi connectivity index (χ2n) is 2.90. The van der Waals surface area contributed by atoms with Crippen LogP contribution in [0, 0.1) is 0 Å². The molecule has 15 heavy (non-hydrogen) atoms. The van der Waals surface area contributed by atoms with Crippen LogP contribution in [0.3, 0.4) is 0 Å². The predicted molar refractivity (Wildman–Crippen MR) is 62.4 cm³/mol. The third-order valence-corrected chi connectivity index (χ3v) is 1.84. The van der Waals surface area contributed by atoms with Gasteiger partial charge in [0.05, 0.1) is 0 Å². The van der Waals surface area contributed by atoms with E-state index < -0.39 is 0 Å². The van der Waals surface area contributed by atoms with Crippen molar-refractivity contribution in [1.29, 1.82) is 0 Å². The van der Waals surface area contributed by atoms with Gasteiger partial charge in [-0.1, -0.05) is 12.7 Å². The summed E-state index contributed by atoms with van der Waals surface area (Å²) in [5.74, 6) is 0.527. The van der Waals surface area contributed by atoms with Gasteiger partial charge in [0, 0.05) is 18.0 Å². The van der Waals surface area contributed by atoms with Crippen molar-refractivity contribution < 1.29 is 4.74 Å². The van der Waals surface area contributed by atoms with E-state index in [0.717, 1.165) is 11.1 Å². The summed E-state index contributed by atoms with van der Waals surface area (Å²) in [6, 6.07) is 1.97. The fourth-order valence-electron chi connectivity index (χ4n) is 1.08. The van der Waals surface area contributed by atoms with Crippen molar-refractivity contribution in [3.63, 3.8) is 0 Å². The first-order valence-electron chi connectivity index (χ1n) is 4.62. The van der Waals surface area contributed by atoms with Crippen LogP contribution in [0.1, 0.15) is 18.1 Å². The molecule has 0 aliphatic heterocycles. The van der Waals surface area contributed by atoms with Crippen molar-refractivity contribution in [2.75, 3.05) is 0 Å². The molecule has 3 heteroatoms. The number of allylic oxidation sites excluding steroid dienone is 1. The number of rotatable bonds is 5. The molecule has 0 radical (unpaired) electrons. The largest absolute Gasteiger partial charge is 0.473 e. The van der Waals surface area contributed by atoms with Crippen LogP contribution in [0.15, 0.2) is 42.0 Å². The van der Waals surface area contributed by atoms with Gasteiger partial charge in [0.1, 0.15) is 6.61 Å². The summed E-state index contributed by atoms with van der Waals surface area (Å²) in [7, 11) is 0. The van der Waals surface area contributed by atoms with Gasteiger partial charge in [-0.25, -0.2) is 4.99 Å². The Hall–Kier alpha value is -1.90. The zero-order valence-corrected chi connectivity index (χ0v) is 8.81.